The van der Waals surface area contributed by atoms with Crippen molar-refractivity contribution in [1.29, 1.82) is 0 Å². The largest absolute Gasteiger partial charge is 1.00 e. The maximum atomic E-state index is 11.1. The van der Waals surface area contributed by atoms with Crippen LogP contribution in [0.1, 0.15) is 13.8 Å². The van der Waals surface area contributed by atoms with E-state index >= 15 is 0 Å². The van der Waals surface area contributed by atoms with Crippen molar-refractivity contribution >= 4 is 11.7 Å². The molecule has 1 aliphatic rings. The van der Waals surface area contributed by atoms with Gasteiger partial charge in [0.25, 0.3) is 5.91 Å². The maximum Gasteiger partial charge on any atom is 1.00 e. The zero-order valence-corrected chi connectivity index (χ0v) is 9.50. The second kappa shape index (κ2) is 4.64. The fourth-order valence-electron chi connectivity index (χ4n) is 1.02. The molecule has 0 aromatic heterocycles. The molecule has 0 saturated carbocycles. The molecule has 0 unspecified atom stereocenters. The Labute approximate surface area is 93.3 Å². The van der Waals surface area contributed by atoms with E-state index in [9.17, 15) is 9.90 Å². The van der Waals surface area contributed by atoms with E-state index in [-0.39, 0.29) is 41.2 Å². The van der Waals surface area contributed by atoms with Crippen molar-refractivity contribution in [3.63, 3.8) is 0 Å². The molecule has 5 heteroatoms. The van der Waals surface area contributed by atoms with Crippen molar-refractivity contribution in [2.45, 2.75) is 13.8 Å². The first-order valence-corrected chi connectivity index (χ1v) is 3.40. The van der Waals surface area contributed by atoms with Crippen LogP contribution >= 0.6 is 0 Å². The normalized spacial score (nSPS) is 19.5. The van der Waals surface area contributed by atoms with Crippen molar-refractivity contribution in [2.75, 3.05) is 6.54 Å². The molecule has 0 bridgehead atoms. The van der Waals surface area contributed by atoms with E-state index in [4.69, 9.17) is 0 Å². The SMILES string of the molecule is CCN1C(=O)/C(=C/[O-])N=C1C.[Na+]. The Kier molecular flexibility index (Phi) is 4.52. The summed E-state index contributed by atoms with van der Waals surface area (Å²) in [4.78, 5) is 16.4. The minimum Gasteiger partial charge on any atom is -0.876 e. The van der Waals surface area contributed by atoms with Crippen LogP contribution in [0.15, 0.2) is 17.0 Å². The average molecular weight is 176 g/mol. The van der Waals surface area contributed by atoms with E-state index in [0.717, 1.165) is 0 Å². The molecular weight excluding hydrogens is 167 g/mol. The van der Waals surface area contributed by atoms with Crippen LogP contribution in [0.5, 0.6) is 0 Å². The molecule has 1 aliphatic heterocycles. The van der Waals surface area contributed by atoms with Gasteiger partial charge in [-0.05, 0) is 13.8 Å². The number of nitrogens with zero attached hydrogens (tertiary/aromatic N) is 2. The molecular formula is C7H9N2NaO2. The number of carbonyl (C=O) groups excluding carboxylic acids is 1. The molecule has 0 saturated heterocycles. The Bertz CT molecular complexity index is 246. The van der Waals surface area contributed by atoms with Crippen LogP contribution in [-0.2, 0) is 4.79 Å². The van der Waals surface area contributed by atoms with E-state index in [1.54, 1.807) is 6.92 Å². The Morgan fingerprint density at radius 2 is 2.25 bits per heavy atom. The van der Waals surface area contributed by atoms with Gasteiger partial charge in [-0.15, -0.1) is 6.26 Å². The molecule has 4 nitrogen and oxygen atoms in total. The van der Waals surface area contributed by atoms with Gasteiger partial charge in [0, 0.05) is 6.54 Å². The van der Waals surface area contributed by atoms with Crippen molar-refractivity contribution < 1.29 is 39.5 Å². The van der Waals surface area contributed by atoms with Crippen LogP contribution in [-0.4, -0.2) is 23.2 Å². The monoisotopic (exact) mass is 176 g/mol. The molecule has 0 aliphatic carbocycles. The molecule has 0 spiro atoms. The summed E-state index contributed by atoms with van der Waals surface area (Å²) in [5, 5.41) is 10.2. The standard InChI is InChI=1S/C7H10N2O2.Na/c1-3-9-5(2)8-6(4-10)7(9)11;/h4,10H,3H2,1-2H3;/q;+1/p-1/b6-4-;. The smallest absolute Gasteiger partial charge is 0.876 e. The molecule has 1 rings (SSSR count). The summed E-state index contributed by atoms with van der Waals surface area (Å²) >= 11 is 0. The maximum absolute atomic E-state index is 11.1. The third-order valence-electron chi connectivity index (χ3n) is 1.57. The van der Waals surface area contributed by atoms with Crippen molar-refractivity contribution in [1.82, 2.24) is 4.90 Å². The van der Waals surface area contributed by atoms with Gasteiger partial charge >= 0.3 is 29.6 Å². The molecule has 0 aromatic rings. The van der Waals surface area contributed by atoms with Gasteiger partial charge in [-0.25, -0.2) is 4.99 Å². The van der Waals surface area contributed by atoms with E-state index in [0.29, 0.717) is 18.6 Å². The third-order valence-corrected chi connectivity index (χ3v) is 1.57. The number of rotatable bonds is 1. The molecule has 60 valence electrons. The molecule has 1 amide bonds. The van der Waals surface area contributed by atoms with Gasteiger partial charge in [0.2, 0.25) is 0 Å². The van der Waals surface area contributed by atoms with Crippen LogP contribution < -0.4 is 34.7 Å². The third kappa shape index (κ3) is 1.88. The van der Waals surface area contributed by atoms with Gasteiger partial charge in [0.1, 0.15) is 11.5 Å². The summed E-state index contributed by atoms with van der Waals surface area (Å²) in [6.07, 6.45) is 0.488. The summed E-state index contributed by atoms with van der Waals surface area (Å²) in [5.41, 5.74) is 0.00403. The molecule has 1 heterocycles. The predicted molar refractivity (Wildman–Crippen MR) is 38.6 cm³/mol. The fourth-order valence-corrected chi connectivity index (χ4v) is 1.02. The van der Waals surface area contributed by atoms with Gasteiger partial charge in [-0.3, -0.25) is 9.69 Å². The zero-order valence-electron chi connectivity index (χ0n) is 7.50. The molecule has 0 fully saturated rings. The number of amides is 1. The summed E-state index contributed by atoms with van der Waals surface area (Å²) in [5.74, 6) is 0.305. The molecule has 0 aromatic carbocycles. The zero-order chi connectivity index (χ0) is 8.43. The second-order valence-corrected chi connectivity index (χ2v) is 2.21. The second-order valence-electron chi connectivity index (χ2n) is 2.21. The topological polar surface area (TPSA) is 55.7 Å². The van der Waals surface area contributed by atoms with Gasteiger partial charge in [-0.1, -0.05) is 0 Å². The number of aliphatic imine (C=N–C) groups is 1. The van der Waals surface area contributed by atoms with Crippen molar-refractivity contribution in [2.24, 2.45) is 4.99 Å². The number of carbonyl (C=O) groups is 1. The van der Waals surface area contributed by atoms with Crippen molar-refractivity contribution in [3.05, 3.63) is 12.0 Å². The predicted octanol–water partition coefficient (Wildman–Crippen LogP) is -3.53. The summed E-state index contributed by atoms with van der Waals surface area (Å²) < 4.78 is 0. The van der Waals surface area contributed by atoms with Crippen molar-refractivity contribution in [3.8, 4) is 0 Å². The molecule has 12 heavy (non-hydrogen) atoms. The van der Waals surface area contributed by atoms with E-state index in [1.165, 1.54) is 4.90 Å². The number of hydrogen-bond acceptors (Lipinski definition) is 3. The van der Waals surface area contributed by atoms with Crippen LogP contribution in [0.3, 0.4) is 0 Å². The molecule has 0 radical (unpaired) electrons. The Hall–Kier alpha value is -0.320. The van der Waals surface area contributed by atoms with Crippen LogP contribution in [0.4, 0.5) is 0 Å². The summed E-state index contributed by atoms with van der Waals surface area (Å²) in [6, 6.07) is 0. The first-order chi connectivity index (χ1) is 5.20. The van der Waals surface area contributed by atoms with Gasteiger partial charge in [0.15, 0.2) is 0 Å². The molecule has 0 atom stereocenters. The number of amidine groups is 1. The molecule has 0 N–H and O–H groups in total. The first-order valence-electron chi connectivity index (χ1n) is 3.40. The van der Waals surface area contributed by atoms with E-state index in [2.05, 4.69) is 4.99 Å². The minimum atomic E-state index is -0.292. The van der Waals surface area contributed by atoms with Gasteiger partial charge < -0.3 is 5.11 Å². The minimum absolute atomic E-state index is 0. The Morgan fingerprint density at radius 3 is 2.50 bits per heavy atom. The number of hydrogen-bond donors (Lipinski definition) is 0. The van der Waals surface area contributed by atoms with Gasteiger partial charge in [0.05, 0.1) is 0 Å². The van der Waals surface area contributed by atoms with Crippen LogP contribution in [0.2, 0.25) is 0 Å². The average Bonchev–Trinajstić information content (AvgIpc) is 2.26. The summed E-state index contributed by atoms with van der Waals surface area (Å²) in [7, 11) is 0. The quantitative estimate of drug-likeness (QED) is 0.236. The summed E-state index contributed by atoms with van der Waals surface area (Å²) in [6.45, 7) is 4.11. The van der Waals surface area contributed by atoms with Gasteiger partial charge in [-0.2, -0.15) is 0 Å². The Balaban J connectivity index is 0.00000121. The van der Waals surface area contributed by atoms with Crippen LogP contribution in [0.25, 0.3) is 0 Å². The number of likely N-dealkylation sites (N-methyl/N-ethyl adjacent to an activating group) is 1. The fraction of sp³-hybridized carbons (Fsp3) is 0.429. The first kappa shape index (κ1) is 11.7. The van der Waals surface area contributed by atoms with E-state index < -0.39 is 0 Å². The van der Waals surface area contributed by atoms with E-state index in [1.807, 2.05) is 6.92 Å². The Morgan fingerprint density at radius 1 is 1.67 bits per heavy atom. The van der Waals surface area contributed by atoms with Crippen LogP contribution in [0, 0.1) is 0 Å².